The first-order valence-corrected chi connectivity index (χ1v) is 5.78. The van der Waals surface area contributed by atoms with E-state index in [-0.39, 0.29) is 5.56 Å². The Morgan fingerprint density at radius 1 is 1.27 bits per heavy atom. The Balaban J connectivity index is 3.32. The molecule has 0 spiro atoms. The van der Waals surface area contributed by atoms with Crippen molar-refractivity contribution in [3.05, 3.63) is 37.9 Å². The molecule has 1 rings (SSSR count). The summed E-state index contributed by atoms with van der Waals surface area (Å²) >= 11 is 0. The van der Waals surface area contributed by atoms with E-state index in [0.29, 0.717) is 6.07 Å². The SMILES string of the molecule is CC(=O)N[C@H](Cc1cc([N+](=O)[O-])cc([N+](=O)[O-])c1O)C(=O)O. The molecule has 3 N–H and O–H groups in total. The molecule has 1 aromatic rings. The van der Waals surface area contributed by atoms with Gasteiger partial charge in [-0.1, -0.05) is 0 Å². The predicted molar refractivity (Wildman–Crippen MR) is 70.4 cm³/mol. The van der Waals surface area contributed by atoms with E-state index in [9.17, 15) is 34.9 Å². The van der Waals surface area contributed by atoms with Gasteiger partial charge in [-0.2, -0.15) is 0 Å². The lowest BCUT2D eigenvalue weighted by molar-refractivity contribution is -0.394. The zero-order chi connectivity index (χ0) is 17.0. The summed E-state index contributed by atoms with van der Waals surface area (Å²) in [6.07, 6.45) is -0.552. The first-order chi connectivity index (χ1) is 10.1. The molecule has 0 aliphatic rings. The number of rotatable bonds is 6. The minimum absolute atomic E-state index is 0.331. The molecule has 0 aliphatic carbocycles. The van der Waals surface area contributed by atoms with Gasteiger partial charge in [0.1, 0.15) is 6.04 Å². The van der Waals surface area contributed by atoms with Crippen molar-refractivity contribution in [2.45, 2.75) is 19.4 Å². The second kappa shape index (κ2) is 6.47. The Kier molecular flexibility index (Phi) is 4.95. The largest absolute Gasteiger partial charge is 0.502 e. The third-order valence-electron chi connectivity index (χ3n) is 2.66. The number of carboxylic acid groups (broad SMARTS) is 1. The fourth-order valence-corrected chi connectivity index (χ4v) is 1.73. The number of phenolic OH excluding ortho intramolecular Hbond substituents is 1. The standard InChI is InChI=1S/C11H11N3O8/c1-5(15)12-8(11(17)18)3-6-2-7(13(19)20)4-9(10(6)16)14(21)22/h2,4,8,16H,3H2,1H3,(H,12,15)(H,17,18)/t8-/m1/s1. The summed E-state index contributed by atoms with van der Waals surface area (Å²) in [6, 6.07) is -0.113. The highest BCUT2D eigenvalue weighted by Gasteiger charge is 2.27. The van der Waals surface area contributed by atoms with Crippen molar-refractivity contribution in [1.82, 2.24) is 5.32 Å². The molecule has 0 saturated carbocycles. The number of aromatic hydroxyl groups is 1. The molecular weight excluding hydrogens is 302 g/mol. The van der Waals surface area contributed by atoms with Gasteiger partial charge in [-0.15, -0.1) is 0 Å². The van der Waals surface area contributed by atoms with Crippen LogP contribution < -0.4 is 5.32 Å². The minimum Gasteiger partial charge on any atom is -0.502 e. The maximum absolute atomic E-state index is 11.0. The number of benzene rings is 1. The first kappa shape index (κ1) is 16.8. The van der Waals surface area contributed by atoms with Crippen molar-refractivity contribution in [3.8, 4) is 5.75 Å². The van der Waals surface area contributed by atoms with Gasteiger partial charge in [0, 0.05) is 25.0 Å². The number of non-ortho nitro benzene ring substituents is 1. The van der Waals surface area contributed by atoms with Crippen molar-refractivity contribution in [1.29, 1.82) is 0 Å². The molecule has 22 heavy (non-hydrogen) atoms. The number of aliphatic carboxylic acids is 1. The van der Waals surface area contributed by atoms with Crippen LogP contribution in [0.3, 0.4) is 0 Å². The average Bonchev–Trinajstić information content (AvgIpc) is 2.38. The summed E-state index contributed by atoms with van der Waals surface area (Å²) in [5, 5.41) is 42.3. The maximum Gasteiger partial charge on any atom is 0.326 e. The van der Waals surface area contributed by atoms with Crippen LogP contribution >= 0.6 is 0 Å². The summed E-state index contributed by atoms with van der Waals surface area (Å²) in [5.41, 5.74) is -1.93. The van der Waals surface area contributed by atoms with Gasteiger partial charge < -0.3 is 15.5 Å². The Morgan fingerprint density at radius 3 is 2.27 bits per heavy atom. The molecule has 1 amide bonds. The molecule has 0 aliphatic heterocycles. The summed E-state index contributed by atoms with van der Waals surface area (Å²) in [4.78, 5) is 41.5. The second-order valence-corrected chi connectivity index (χ2v) is 4.28. The molecule has 1 aromatic carbocycles. The van der Waals surface area contributed by atoms with Crippen molar-refractivity contribution in [2.24, 2.45) is 0 Å². The Morgan fingerprint density at radius 2 is 1.86 bits per heavy atom. The van der Waals surface area contributed by atoms with Crippen LogP contribution in [-0.4, -0.2) is 38.0 Å². The normalized spacial score (nSPS) is 11.5. The van der Waals surface area contributed by atoms with E-state index >= 15 is 0 Å². The molecule has 0 saturated heterocycles. The van der Waals surface area contributed by atoms with Gasteiger partial charge in [0.25, 0.3) is 5.69 Å². The molecule has 0 aromatic heterocycles. The van der Waals surface area contributed by atoms with Crippen LogP contribution in [0.1, 0.15) is 12.5 Å². The number of nitrogens with zero attached hydrogens (tertiary/aromatic N) is 2. The molecule has 0 radical (unpaired) electrons. The van der Waals surface area contributed by atoms with Gasteiger partial charge >= 0.3 is 11.7 Å². The summed E-state index contributed by atoms with van der Waals surface area (Å²) < 4.78 is 0. The summed E-state index contributed by atoms with van der Waals surface area (Å²) in [6.45, 7) is 1.06. The van der Waals surface area contributed by atoms with Crippen molar-refractivity contribution < 1.29 is 29.6 Å². The molecule has 11 heteroatoms. The monoisotopic (exact) mass is 313 g/mol. The highest BCUT2D eigenvalue weighted by atomic mass is 16.6. The van der Waals surface area contributed by atoms with E-state index in [1.165, 1.54) is 0 Å². The Hall–Kier alpha value is -3.24. The average molecular weight is 313 g/mol. The highest BCUT2D eigenvalue weighted by molar-refractivity contribution is 5.82. The van der Waals surface area contributed by atoms with Crippen LogP contribution in [0, 0.1) is 20.2 Å². The third kappa shape index (κ3) is 3.88. The van der Waals surface area contributed by atoms with Crippen LogP contribution in [0.5, 0.6) is 5.75 Å². The van der Waals surface area contributed by atoms with E-state index in [1.54, 1.807) is 0 Å². The molecule has 0 heterocycles. The Labute approximate surface area is 122 Å². The van der Waals surface area contributed by atoms with Crippen LogP contribution in [0.15, 0.2) is 12.1 Å². The zero-order valence-corrected chi connectivity index (χ0v) is 11.2. The number of nitro benzene ring substituents is 2. The zero-order valence-electron chi connectivity index (χ0n) is 11.2. The van der Waals surface area contributed by atoms with Gasteiger partial charge in [0.05, 0.1) is 15.9 Å². The maximum atomic E-state index is 11.0. The number of hydrogen-bond donors (Lipinski definition) is 3. The van der Waals surface area contributed by atoms with Crippen molar-refractivity contribution in [3.63, 3.8) is 0 Å². The molecular formula is C11H11N3O8. The number of nitrogens with one attached hydrogen (secondary N) is 1. The first-order valence-electron chi connectivity index (χ1n) is 5.78. The summed E-state index contributed by atoms with van der Waals surface area (Å²) in [5.74, 6) is -3.01. The third-order valence-corrected chi connectivity index (χ3v) is 2.66. The lowest BCUT2D eigenvalue weighted by Gasteiger charge is -2.14. The molecule has 0 bridgehead atoms. The van der Waals surface area contributed by atoms with Crippen molar-refractivity contribution >= 4 is 23.3 Å². The molecule has 1 atom stereocenters. The minimum atomic E-state index is -1.50. The number of phenols is 1. The number of nitro groups is 2. The van der Waals surface area contributed by atoms with Crippen LogP contribution in [0.2, 0.25) is 0 Å². The van der Waals surface area contributed by atoms with Crippen LogP contribution in [0.4, 0.5) is 11.4 Å². The fraction of sp³-hybridized carbons (Fsp3) is 0.273. The van der Waals surface area contributed by atoms with Crippen LogP contribution in [-0.2, 0) is 16.0 Å². The summed E-state index contributed by atoms with van der Waals surface area (Å²) in [7, 11) is 0. The lowest BCUT2D eigenvalue weighted by atomic mass is 10.0. The molecule has 0 unspecified atom stereocenters. The van der Waals surface area contributed by atoms with Gasteiger partial charge in [0.2, 0.25) is 5.91 Å². The van der Waals surface area contributed by atoms with E-state index in [2.05, 4.69) is 5.32 Å². The number of carboxylic acids is 1. The van der Waals surface area contributed by atoms with Gasteiger partial charge in [-0.05, 0) is 0 Å². The van der Waals surface area contributed by atoms with Crippen molar-refractivity contribution in [2.75, 3.05) is 0 Å². The molecule has 118 valence electrons. The van der Waals surface area contributed by atoms with Crippen LogP contribution in [0.25, 0.3) is 0 Å². The molecule has 11 nitrogen and oxygen atoms in total. The molecule has 0 fully saturated rings. The Bertz CT molecular complexity index is 657. The predicted octanol–water partition coefficient (Wildman–Crippen LogP) is 0.340. The van der Waals surface area contributed by atoms with Gasteiger partial charge in [-0.25, -0.2) is 4.79 Å². The smallest absolute Gasteiger partial charge is 0.326 e. The number of carbonyl (C=O) groups is 2. The van der Waals surface area contributed by atoms with Gasteiger partial charge in [-0.3, -0.25) is 25.0 Å². The highest BCUT2D eigenvalue weighted by Crippen LogP contribution is 2.34. The lowest BCUT2D eigenvalue weighted by Crippen LogP contribution is -2.41. The van der Waals surface area contributed by atoms with E-state index in [0.717, 1.165) is 13.0 Å². The fourth-order valence-electron chi connectivity index (χ4n) is 1.73. The quantitative estimate of drug-likeness (QED) is 0.497. The van der Waals surface area contributed by atoms with Gasteiger partial charge in [0.15, 0.2) is 5.75 Å². The van der Waals surface area contributed by atoms with E-state index < -0.39 is 51.3 Å². The number of hydrogen-bond acceptors (Lipinski definition) is 7. The number of carbonyl (C=O) groups excluding carboxylic acids is 1. The number of amides is 1. The van der Waals surface area contributed by atoms with E-state index in [1.807, 2.05) is 0 Å². The topological polar surface area (TPSA) is 173 Å². The van der Waals surface area contributed by atoms with E-state index in [4.69, 9.17) is 5.11 Å². The second-order valence-electron chi connectivity index (χ2n) is 4.28.